The molecule has 2 unspecified atom stereocenters. The molecule has 2 atom stereocenters. The van der Waals surface area contributed by atoms with Crippen LogP contribution >= 0.6 is 11.6 Å². The standard InChI is InChI=1S/C14H25ClN2/c1-6-8-10(3)9-17-12(5)14(11(4)16-17)13(15)7-2/h10,13H,6-9H2,1-5H3. The lowest BCUT2D eigenvalue weighted by Crippen LogP contribution is -2.10. The van der Waals surface area contributed by atoms with Crippen LogP contribution in [0.4, 0.5) is 0 Å². The van der Waals surface area contributed by atoms with Crippen LogP contribution in [0.25, 0.3) is 0 Å². The van der Waals surface area contributed by atoms with Crippen molar-refractivity contribution in [1.82, 2.24) is 9.78 Å². The summed E-state index contributed by atoms with van der Waals surface area (Å²) in [5, 5.41) is 4.74. The summed E-state index contributed by atoms with van der Waals surface area (Å²) in [4.78, 5) is 0. The van der Waals surface area contributed by atoms with E-state index in [2.05, 4.69) is 44.4 Å². The first-order chi connectivity index (χ1) is 8.01. The molecule has 2 nitrogen and oxygen atoms in total. The molecule has 98 valence electrons. The number of hydrogen-bond donors (Lipinski definition) is 0. The van der Waals surface area contributed by atoms with Gasteiger partial charge in [-0.15, -0.1) is 11.6 Å². The lowest BCUT2D eigenvalue weighted by Gasteiger charge is -2.12. The fourth-order valence-electron chi connectivity index (χ4n) is 2.43. The zero-order valence-electron chi connectivity index (χ0n) is 11.8. The Bertz CT molecular complexity index is 357. The van der Waals surface area contributed by atoms with Crippen molar-refractivity contribution in [3.8, 4) is 0 Å². The van der Waals surface area contributed by atoms with Crippen LogP contribution in [0.1, 0.15) is 62.4 Å². The molecule has 0 aliphatic rings. The predicted molar refractivity (Wildman–Crippen MR) is 74.7 cm³/mol. The molecule has 0 aliphatic heterocycles. The maximum absolute atomic E-state index is 6.36. The minimum absolute atomic E-state index is 0.102. The molecule has 1 aromatic heterocycles. The summed E-state index contributed by atoms with van der Waals surface area (Å²) in [5.74, 6) is 0.682. The van der Waals surface area contributed by atoms with Gasteiger partial charge < -0.3 is 0 Å². The van der Waals surface area contributed by atoms with Crippen LogP contribution in [0.15, 0.2) is 0 Å². The molecule has 0 N–H and O–H groups in total. The molecule has 17 heavy (non-hydrogen) atoms. The van der Waals surface area contributed by atoms with Gasteiger partial charge in [-0.05, 0) is 32.6 Å². The zero-order chi connectivity index (χ0) is 13.0. The van der Waals surface area contributed by atoms with Crippen LogP contribution in [0.5, 0.6) is 0 Å². The van der Waals surface area contributed by atoms with Crippen molar-refractivity contribution in [3.05, 3.63) is 17.0 Å². The first-order valence-electron chi connectivity index (χ1n) is 6.69. The maximum Gasteiger partial charge on any atom is 0.0643 e. The fourth-order valence-corrected chi connectivity index (χ4v) is 2.74. The van der Waals surface area contributed by atoms with E-state index in [1.165, 1.54) is 24.1 Å². The third-order valence-electron chi connectivity index (χ3n) is 3.38. The highest BCUT2D eigenvalue weighted by atomic mass is 35.5. The summed E-state index contributed by atoms with van der Waals surface area (Å²) in [5.41, 5.74) is 3.57. The maximum atomic E-state index is 6.36. The molecule has 0 spiro atoms. The average Bonchev–Trinajstić information content (AvgIpc) is 2.54. The second kappa shape index (κ2) is 6.44. The third-order valence-corrected chi connectivity index (χ3v) is 3.90. The smallest absolute Gasteiger partial charge is 0.0643 e. The Morgan fingerprint density at radius 1 is 1.29 bits per heavy atom. The van der Waals surface area contributed by atoms with E-state index in [4.69, 9.17) is 11.6 Å². The van der Waals surface area contributed by atoms with Crippen molar-refractivity contribution in [1.29, 1.82) is 0 Å². The Kier molecular flexibility index (Phi) is 5.51. The molecule has 0 amide bonds. The first-order valence-corrected chi connectivity index (χ1v) is 7.12. The minimum Gasteiger partial charge on any atom is -0.269 e. The lowest BCUT2D eigenvalue weighted by atomic mass is 10.1. The number of halogens is 1. The van der Waals surface area contributed by atoms with Crippen molar-refractivity contribution in [2.45, 2.75) is 65.8 Å². The first kappa shape index (κ1) is 14.6. The normalized spacial score (nSPS) is 14.9. The number of rotatable bonds is 6. The SMILES string of the molecule is CCCC(C)Cn1nc(C)c(C(Cl)CC)c1C. The van der Waals surface area contributed by atoms with E-state index >= 15 is 0 Å². The Morgan fingerprint density at radius 3 is 2.47 bits per heavy atom. The predicted octanol–water partition coefficient (Wildman–Crippen LogP) is 4.63. The van der Waals surface area contributed by atoms with Crippen molar-refractivity contribution in [2.75, 3.05) is 0 Å². The van der Waals surface area contributed by atoms with E-state index in [0.717, 1.165) is 18.7 Å². The Morgan fingerprint density at radius 2 is 1.94 bits per heavy atom. The van der Waals surface area contributed by atoms with Crippen LogP contribution in [0.3, 0.4) is 0 Å². The molecule has 3 heteroatoms. The molecule has 0 radical (unpaired) electrons. The lowest BCUT2D eigenvalue weighted by molar-refractivity contribution is 0.413. The summed E-state index contributed by atoms with van der Waals surface area (Å²) >= 11 is 6.36. The molecular weight excluding hydrogens is 232 g/mol. The number of aryl methyl sites for hydroxylation is 1. The van der Waals surface area contributed by atoms with Crippen molar-refractivity contribution in [3.63, 3.8) is 0 Å². The highest BCUT2D eigenvalue weighted by Gasteiger charge is 2.18. The molecule has 1 rings (SSSR count). The largest absolute Gasteiger partial charge is 0.269 e. The second-order valence-corrected chi connectivity index (χ2v) is 5.56. The summed E-state index contributed by atoms with van der Waals surface area (Å²) < 4.78 is 2.13. The van der Waals surface area contributed by atoms with Crippen molar-refractivity contribution >= 4 is 11.6 Å². The van der Waals surface area contributed by atoms with Gasteiger partial charge in [0, 0.05) is 17.8 Å². The van der Waals surface area contributed by atoms with Crippen molar-refractivity contribution < 1.29 is 0 Å². The van der Waals surface area contributed by atoms with Gasteiger partial charge in [0.05, 0.1) is 11.1 Å². The van der Waals surface area contributed by atoms with Gasteiger partial charge in [-0.25, -0.2) is 0 Å². The quantitative estimate of drug-likeness (QED) is 0.679. The summed E-state index contributed by atoms with van der Waals surface area (Å²) in [6, 6.07) is 0. The third kappa shape index (κ3) is 3.48. The van der Waals surface area contributed by atoms with E-state index in [1.807, 2.05) is 0 Å². The molecular formula is C14H25ClN2. The highest BCUT2D eigenvalue weighted by molar-refractivity contribution is 6.20. The van der Waals surface area contributed by atoms with Crippen molar-refractivity contribution in [2.24, 2.45) is 5.92 Å². The second-order valence-electron chi connectivity index (χ2n) is 5.04. The van der Waals surface area contributed by atoms with E-state index in [9.17, 15) is 0 Å². The fraction of sp³-hybridized carbons (Fsp3) is 0.786. The molecule has 0 bridgehead atoms. The number of hydrogen-bond acceptors (Lipinski definition) is 1. The number of alkyl halides is 1. The van der Waals surface area contributed by atoms with Gasteiger partial charge in [0.1, 0.15) is 0 Å². The van der Waals surface area contributed by atoms with Gasteiger partial charge in [-0.2, -0.15) is 5.10 Å². The van der Waals surface area contributed by atoms with Crippen LogP contribution < -0.4 is 0 Å². The molecule has 1 heterocycles. The van der Waals surface area contributed by atoms with E-state index in [-0.39, 0.29) is 5.38 Å². The molecule has 1 aromatic rings. The molecule has 0 fully saturated rings. The van der Waals surface area contributed by atoms with Gasteiger partial charge in [-0.1, -0.05) is 27.2 Å². The molecule has 0 aromatic carbocycles. The van der Waals surface area contributed by atoms with Crippen LogP contribution in [0, 0.1) is 19.8 Å². The summed E-state index contributed by atoms with van der Waals surface area (Å²) in [6.07, 6.45) is 3.45. The van der Waals surface area contributed by atoms with Crippen LogP contribution in [-0.2, 0) is 6.54 Å². The molecule has 0 saturated heterocycles. The monoisotopic (exact) mass is 256 g/mol. The minimum atomic E-state index is 0.102. The average molecular weight is 257 g/mol. The number of nitrogens with zero attached hydrogens (tertiary/aromatic N) is 2. The van der Waals surface area contributed by atoms with E-state index in [0.29, 0.717) is 5.92 Å². The Hall–Kier alpha value is -0.500. The Labute approximate surface area is 110 Å². The summed E-state index contributed by atoms with van der Waals surface area (Å²) in [6.45, 7) is 11.8. The van der Waals surface area contributed by atoms with Gasteiger partial charge in [0.25, 0.3) is 0 Å². The molecule has 0 saturated carbocycles. The summed E-state index contributed by atoms with van der Waals surface area (Å²) in [7, 11) is 0. The van der Waals surface area contributed by atoms with Gasteiger partial charge in [0.2, 0.25) is 0 Å². The van der Waals surface area contributed by atoms with Crippen LogP contribution in [0.2, 0.25) is 0 Å². The number of aromatic nitrogens is 2. The van der Waals surface area contributed by atoms with Crippen LogP contribution in [-0.4, -0.2) is 9.78 Å². The van der Waals surface area contributed by atoms with Gasteiger partial charge in [0.15, 0.2) is 0 Å². The highest BCUT2D eigenvalue weighted by Crippen LogP contribution is 2.29. The molecule has 0 aliphatic carbocycles. The zero-order valence-corrected chi connectivity index (χ0v) is 12.5. The van der Waals surface area contributed by atoms with E-state index < -0.39 is 0 Å². The van der Waals surface area contributed by atoms with E-state index in [1.54, 1.807) is 0 Å². The topological polar surface area (TPSA) is 17.8 Å². The van der Waals surface area contributed by atoms with Gasteiger partial charge in [-0.3, -0.25) is 4.68 Å². The Balaban J connectivity index is 2.88. The van der Waals surface area contributed by atoms with Gasteiger partial charge >= 0.3 is 0 Å².